The summed E-state index contributed by atoms with van der Waals surface area (Å²) in [5, 5.41) is 0. The van der Waals surface area contributed by atoms with Gasteiger partial charge in [-0.2, -0.15) is 0 Å². The number of aromatic nitrogens is 2. The lowest BCUT2D eigenvalue weighted by Gasteiger charge is -2.17. The molecule has 2 aromatic heterocycles. The minimum Gasteiger partial charge on any atom is -0.383 e. The maximum absolute atomic E-state index is 12.2. The minimum absolute atomic E-state index is 0.111. The van der Waals surface area contributed by atoms with E-state index in [0.29, 0.717) is 12.1 Å². The molecule has 0 aromatic carbocycles. The van der Waals surface area contributed by atoms with Gasteiger partial charge >= 0.3 is 0 Å². The molecule has 0 radical (unpaired) electrons. The summed E-state index contributed by atoms with van der Waals surface area (Å²) in [6, 6.07) is 7.28. The monoisotopic (exact) mass is 256 g/mol. The molecule has 0 saturated carbocycles. The van der Waals surface area contributed by atoms with Crippen molar-refractivity contribution in [3.8, 4) is 0 Å². The van der Waals surface area contributed by atoms with Gasteiger partial charge in [0.2, 0.25) is 0 Å². The molecule has 0 aliphatic rings. The highest BCUT2D eigenvalue weighted by atomic mass is 16.2. The van der Waals surface area contributed by atoms with Gasteiger partial charge in [-0.3, -0.25) is 9.78 Å². The molecule has 0 fully saturated rings. The number of hydrogen-bond acceptors (Lipinski definition) is 4. The van der Waals surface area contributed by atoms with E-state index < -0.39 is 0 Å². The molecule has 2 N–H and O–H groups in total. The highest BCUT2D eigenvalue weighted by Crippen LogP contribution is 2.10. The highest BCUT2D eigenvalue weighted by molar-refractivity contribution is 5.98. The molecule has 2 aromatic rings. The molecule has 0 bridgehead atoms. The van der Waals surface area contributed by atoms with Crippen LogP contribution in [0, 0.1) is 0 Å². The van der Waals surface area contributed by atoms with E-state index >= 15 is 0 Å². The van der Waals surface area contributed by atoms with Crippen LogP contribution in [0.5, 0.6) is 0 Å². The first-order valence-corrected chi connectivity index (χ1v) is 6.03. The predicted molar refractivity (Wildman–Crippen MR) is 73.6 cm³/mol. The van der Waals surface area contributed by atoms with E-state index in [-0.39, 0.29) is 11.7 Å². The zero-order valence-electron chi connectivity index (χ0n) is 10.8. The molecule has 2 heterocycles. The fourth-order valence-electron chi connectivity index (χ4n) is 1.75. The van der Waals surface area contributed by atoms with Crippen LogP contribution in [-0.4, -0.2) is 34.4 Å². The third kappa shape index (κ3) is 3.28. The van der Waals surface area contributed by atoms with E-state index in [9.17, 15) is 4.79 Å². The van der Waals surface area contributed by atoms with Gasteiger partial charge in [0.1, 0.15) is 5.82 Å². The van der Waals surface area contributed by atoms with Crippen molar-refractivity contribution in [1.29, 1.82) is 0 Å². The fourth-order valence-corrected chi connectivity index (χ4v) is 1.75. The Kier molecular flexibility index (Phi) is 4.07. The number of hydrogen-bond donors (Lipinski definition) is 1. The van der Waals surface area contributed by atoms with Crippen molar-refractivity contribution in [3.05, 3.63) is 54.0 Å². The van der Waals surface area contributed by atoms with E-state index in [1.807, 2.05) is 12.1 Å². The van der Waals surface area contributed by atoms with Crippen molar-refractivity contribution in [2.45, 2.75) is 6.42 Å². The maximum Gasteiger partial charge on any atom is 0.257 e. The largest absolute Gasteiger partial charge is 0.383 e. The van der Waals surface area contributed by atoms with Gasteiger partial charge in [0, 0.05) is 32.2 Å². The molecule has 1 amide bonds. The summed E-state index contributed by atoms with van der Waals surface area (Å²) in [7, 11) is 1.76. The van der Waals surface area contributed by atoms with Crippen LogP contribution in [0.15, 0.2) is 42.9 Å². The summed E-state index contributed by atoms with van der Waals surface area (Å²) in [6.45, 7) is 0.622. The van der Waals surface area contributed by atoms with Gasteiger partial charge in [-0.15, -0.1) is 0 Å². The molecular weight excluding hydrogens is 240 g/mol. The molecule has 0 spiro atoms. The van der Waals surface area contributed by atoms with E-state index in [1.54, 1.807) is 42.7 Å². The number of nitrogens with two attached hydrogens (primary N) is 1. The molecule has 0 saturated heterocycles. The van der Waals surface area contributed by atoms with Crippen molar-refractivity contribution >= 4 is 11.7 Å². The number of anilines is 1. The number of likely N-dealkylation sites (N-methyl/N-ethyl adjacent to an activating group) is 1. The molecule has 19 heavy (non-hydrogen) atoms. The molecule has 98 valence electrons. The minimum atomic E-state index is -0.111. The topological polar surface area (TPSA) is 72.1 Å². The summed E-state index contributed by atoms with van der Waals surface area (Å²) < 4.78 is 0. The van der Waals surface area contributed by atoms with E-state index in [1.165, 1.54) is 0 Å². The van der Waals surface area contributed by atoms with Gasteiger partial charge in [0.15, 0.2) is 0 Å². The number of nitrogen functional groups attached to an aromatic ring is 1. The third-order valence-corrected chi connectivity index (χ3v) is 2.90. The first-order chi connectivity index (χ1) is 9.18. The number of rotatable bonds is 4. The standard InChI is InChI=1S/C14H16N4O/c1-18(10-6-11-4-8-16-9-5-11)14(19)12-3-2-7-17-13(12)15/h2-5,7-9H,6,10H2,1H3,(H2,15,17). The lowest BCUT2D eigenvalue weighted by molar-refractivity contribution is 0.0797. The van der Waals surface area contributed by atoms with Crippen molar-refractivity contribution in [2.24, 2.45) is 0 Å². The average molecular weight is 256 g/mol. The Balaban J connectivity index is 1.99. The molecule has 5 nitrogen and oxygen atoms in total. The highest BCUT2D eigenvalue weighted by Gasteiger charge is 2.14. The lowest BCUT2D eigenvalue weighted by Crippen LogP contribution is -2.29. The van der Waals surface area contributed by atoms with Gasteiger partial charge < -0.3 is 10.6 Å². The van der Waals surface area contributed by atoms with Crippen LogP contribution < -0.4 is 5.73 Å². The van der Waals surface area contributed by atoms with Gasteiger partial charge in [-0.1, -0.05) is 0 Å². The quantitative estimate of drug-likeness (QED) is 0.896. The number of carbonyl (C=O) groups is 1. The first-order valence-electron chi connectivity index (χ1n) is 6.03. The number of pyridine rings is 2. The van der Waals surface area contributed by atoms with Crippen LogP contribution in [-0.2, 0) is 6.42 Å². The summed E-state index contributed by atoms with van der Waals surface area (Å²) in [4.78, 5) is 21.7. The fraction of sp³-hybridized carbons (Fsp3) is 0.214. The van der Waals surface area contributed by atoms with Gasteiger partial charge in [0.25, 0.3) is 5.91 Å². The normalized spacial score (nSPS) is 10.2. The predicted octanol–water partition coefficient (Wildman–Crippen LogP) is 1.37. The summed E-state index contributed by atoms with van der Waals surface area (Å²) in [6.07, 6.45) is 5.85. The van der Waals surface area contributed by atoms with Crippen LogP contribution >= 0.6 is 0 Å². The second-order valence-electron chi connectivity index (χ2n) is 4.27. The molecule has 5 heteroatoms. The number of carbonyl (C=O) groups excluding carboxylic acids is 1. The number of nitrogens with zero attached hydrogens (tertiary/aromatic N) is 3. The van der Waals surface area contributed by atoms with Gasteiger partial charge in [-0.25, -0.2) is 4.98 Å². The van der Waals surface area contributed by atoms with Gasteiger partial charge in [-0.05, 0) is 36.2 Å². The van der Waals surface area contributed by atoms with Crippen molar-refractivity contribution in [2.75, 3.05) is 19.3 Å². The zero-order chi connectivity index (χ0) is 13.7. The molecule has 0 unspecified atom stereocenters. The second-order valence-corrected chi connectivity index (χ2v) is 4.27. The Bertz CT molecular complexity index is 556. The maximum atomic E-state index is 12.2. The van der Waals surface area contributed by atoms with E-state index in [4.69, 9.17) is 5.73 Å². The Morgan fingerprint density at radius 1 is 1.26 bits per heavy atom. The van der Waals surface area contributed by atoms with Crippen LogP contribution in [0.3, 0.4) is 0 Å². The third-order valence-electron chi connectivity index (χ3n) is 2.90. The average Bonchev–Trinajstić information content (AvgIpc) is 2.45. The summed E-state index contributed by atoms with van der Waals surface area (Å²) in [5.41, 5.74) is 7.29. The molecule has 0 aliphatic heterocycles. The Labute approximate surface area is 112 Å². The lowest BCUT2D eigenvalue weighted by atomic mass is 10.2. The zero-order valence-corrected chi connectivity index (χ0v) is 10.8. The molecule has 0 aliphatic carbocycles. The van der Waals surface area contributed by atoms with Crippen molar-refractivity contribution < 1.29 is 4.79 Å². The SMILES string of the molecule is CN(CCc1ccncc1)C(=O)c1cccnc1N. The van der Waals surface area contributed by atoms with E-state index in [0.717, 1.165) is 12.0 Å². The van der Waals surface area contributed by atoms with Crippen molar-refractivity contribution in [1.82, 2.24) is 14.9 Å². The van der Waals surface area contributed by atoms with Crippen LogP contribution in [0.4, 0.5) is 5.82 Å². The summed E-state index contributed by atoms with van der Waals surface area (Å²) >= 11 is 0. The molecule has 2 rings (SSSR count). The van der Waals surface area contributed by atoms with Crippen molar-refractivity contribution in [3.63, 3.8) is 0 Å². The molecular formula is C14H16N4O. The molecule has 0 atom stereocenters. The van der Waals surface area contributed by atoms with Crippen LogP contribution in [0.25, 0.3) is 0 Å². The Morgan fingerprint density at radius 2 is 2.00 bits per heavy atom. The van der Waals surface area contributed by atoms with Crippen LogP contribution in [0.1, 0.15) is 15.9 Å². The van der Waals surface area contributed by atoms with E-state index in [2.05, 4.69) is 9.97 Å². The van der Waals surface area contributed by atoms with Crippen LogP contribution in [0.2, 0.25) is 0 Å². The summed E-state index contributed by atoms with van der Waals surface area (Å²) in [5.74, 6) is 0.155. The Hall–Kier alpha value is -2.43. The first kappa shape index (κ1) is 13.0. The Morgan fingerprint density at radius 3 is 2.68 bits per heavy atom. The number of amides is 1. The smallest absolute Gasteiger partial charge is 0.257 e. The second kappa shape index (κ2) is 5.95. The van der Waals surface area contributed by atoms with Gasteiger partial charge in [0.05, 0.1) is 5.56 Å².